The van der Waals surface area contributed by atoms with Gasteiger partial charge in [0.25, 0.3) is 0 Å². The highest BCUT2D eigenvalue weighted by Crippen LogP contribution is 2.63. The van der Waals surface area contributed by atoms with Crippen LogP contribution in [-0.2, 0) is 0 Å². The van der Waals surface area contributed by atoms with Crippen molar-refractivity contribution in [3.63, 3.8) is 0 Å². The van der Waals surface area contributed by atoms with E-state index in [0.717, 1.165) is 6.92 Å². The van der Waals surface area contributed by atoms with Crippen molar-refractivity contribution < 1.29 is 105 Å². The quantitative estimate of drug-likeness (QED) is 0.122. The molecule has 0 heterocycles. The van der Waals surface area contributed by atoms with Gasteiger partial charge in [0.1, 0.15) is 0 Å². The van der Waals surface area contributed by atoms with Crippen LogP contribution in [0.5, 0.6) is 0 Å². The molecule has 0 aromatic rings. The maximum absolute atomic E-state index is 14.6. The second kappa shape index (κ2) is 12.9. The Morgan fingerprint density at radius 1 is 0.468 bits per heavy atom. The molecule has 0 nitrogen and oxygen atoms in total. The van der Waals surface area contributed by atoms with Gasteiger partial charge in [0, 0.05) is 12.8 Å². The zero-order valence-corrected chi connectivity index (χ0v) is 23.3. The van der Waals surface area contributed by atoms with Crippen molar-refractivity contribution in [1.82, 2.24) is 0 Å². The van der Waals surface area contributed by atoms with Crippen LogP contribution < -0.4 is 0 Å². The molecule has 0 aliphatic carbocycles. The molecule has 1 atom stereocenters. The van der Waals surface area contributed by atoms with E-state index in [1.165, 1.54) is 0 Å². The predicted molar refractivity (Wildman–Crippen MR) is 111 cm³/mol. The molecule has 0 aromatic carbocycles. The summed E-state index contributed by atoms with van der Waals surface area (Å²) >= 11 is 0. The van der Waals surface area contributed by atoms with Gasteiger partial charge in [-0.3, -0.25) is 0 Å². The van der Waals surface area contributed by atoms with Gasteiger partial charge in [0.05, 0.1) is 0 Å². The molecule has 47 heavy (non-hydrogen) atoms. The minimum Gasteiger partial charge on any atom is -0.203 e. The second-order valence-corrected chi connectivity index (χ2v) is 11.1. The van der Waals surface area contributed by atoms with E-state index >= 15 is 0 Å². The molecular formula is C23H22F24. The van der Waals surface area contributed by atoms with Gasteiger partial charge >= 0.3 is 72.1 Å². The zero-order chi connectivity index (χ0) is 38.6. The molecule has 0 aliphatic rings. The van der Waals surface area contributed by atoms with Crippen LogP contribution in [0.15, 0.2) is 0 Å². The maximum atomic E-state index is 14.6. The van der Waals surface area contributed by atoms with Crippen molar-refractivity contribution in [2.45, 2.75) is 119 Å². The Bertz CT molecular complexity index is 972. The van der Waals surface area contributed by atoms with E-state index in [2.05, 4.69) is 6.92 Å². The van der Waals surface area contributed by atoms with Crippen LogP contribution in [0, 0.1) is 24.2 Å². The van der Waals surface area contributed by atoms with Crippen molar-refractivity contribution >= 4 is 0 Å². The summed E-state index contributed by atoms with van der Waals surface area (Å²) in [5, 5.41) is 0. The van der Waals surface area contributed by atoms with Crippen molar-refractivity contribution in [3.05, 3.63) is 12.8 Å². The SMILES string of the molecule is [CH2]CC(C)CC(C)(C)[C](CC(F)(F)C(F)(F)C(F)(F)C(F)(F)C(F)(F)C(F)F)CC(F)(F)C(F)(F)C(F)(F)C(F)(F)C(F)(F)C(F)F. The summed E-state index contributed by atoms with van der Waals surface area (Å²) in [6.45, 7) is 4.76. The Morgan fingerprint density at radius 2 is 0.723 bits per heavy atom. The monoisotopic (exact) mass is 754 g/mol. The summed E-state index contributed by atoms with van der Waals surface area (Å²) in [6, 6.07) is 0. The van der Waals surface area contributed by atoms with Crippen LogP contribution >= 0.6 is 0 Å². The molecule has 282 valence electrons. The van der Waals surface area contributed by atoms with E-state index in [4.69, 9.17) is 0 Å². The Labute approximate surface area is 249 Å². The van der Waals surface area contributed by atoms with Crippen molar-refractivity contribution in [3.8, 4) is 0 Å². The van der Waals surface area contributed by atoms with Gasteiger partial charge < -0.3 is 0 Å². The van der Waals surface area contributed by atoms with Gasteiger partial charge in [-0.2, -0.15) is 87.8 Å². The van der Waals surface area contributed by atoms with Crippen LogP contribution in [0.3, 0.4) is 0 Å². The number of halogens is 24. The summed E-state index contributed by atoms with van der Waals surface area (Å²) in [6.07, 6.45) is -20.8. The zero-order valence-electron chi connectivity index (χ0n) is 23.3. The van der Waals surface area contributed by atoms with Crippen LogP contribution in [-0.4, -0.2) is 72.1 Å². The first-order chi connectivity index (χ1) is 20.2. The summed E-state index contributed by atoms with van der Waals surface area (Å²) < 4.78 is 327. The molecule has 0 fully saturated rings. The highest BCUT2D eigenvalue weighted by atomic mass is 19.4. The van der Waals surface area contributed by atoms with Gasteiger partial charge in [-0.25, -0.2) is 17.6 Å². The van der Waals surface area contributed by atoms with Gasteiger partial charge in [-0.1, -0.05) is 34.1 Å². The number of alkyl halides is 24. The molecule has 0 spiro atoms. The third-order valence-electron chi connectivity index (χ3n) is 7.06. The Balaban J connectivity index is 7.31. The van der Waals surface area contributed by atoms with E-state index in [-0.39, 0.29) is 0 Å². The van der Waals surface area contributed by atoms with Crippen LogP contribution in [0.25, 0.3) is 0 Å². The first-order valence-electron chi connectivity index (χ1n) is 12.1. The molecule has 0 bridgehead atoms. The minimum atomic E-state index is -8.26. The van der Waals surface area contributed by atoms with Crippen LogP contribution in [0.4, 0.5) is 105 Å². The lowest BCUT2D eigenvalue weighted by Gasteiger charge is -2.45. The van der Waals surface area contributed by atoms with E-state index in [9.17, 15) is 105 Å². The predicted octanol–water partition coefficient (Wildman–Crippen LogP) is 11.5. The van der Waals surface area contributed by atoms with Crippen molar-refractivity contribution in [2.24, 2.45) is 11.3 Å². The molecule has 0 saturated heterocycles. The van der Waals surface area contributed by atoms with Crippen molar-refractivity contribution in [1.29, 1.82) is 0 Å². The fourth-order valence-electron chi connectivity index (χ4n) is 3.96. The molecule has 0 rings (SSSR count). The molecule has 2 radical (unpaired) electrons. The smallest absolute Gasteiger partial charge is 0.203 e. The lowest BCUT2D eigenvalue weighted by Crippen LogP contribution is -2.69. The second-order valence-electron chi connectivity index (χ2n) is 11.1. The molecule has 1 unspecified atom stereocenters. The van der Waals surface area contributed by atoms with Crippen LogP contribution in [0.2, 0.25) is 0 Å². The van der Waals surface area contributed by atoms with Gasteiger partial charge in [0.15, 0.2) is 0 Å². The van der Waals surface area contributed by atoms with E-state index in [1.54, 1.807) is 0 Å². The van der Waals surface area contributed by atoms with E-state index < -0.39 is 115 Å². The van der Waals surface area contributed by atoms with E-state index in [1.807, 2.05) is 0 Å². The average molecular weight is 754 g/mol. The fourth-order valence-corrected chi connectivity index (χ4v) is 3.96. The molecular weight excluding hydrogens is 732 g/mol. The number of rotatable bonds is 18. The van der Waals surface area contributed by atoms with E-state index in [0.29, 0.717) is 13.8 Å². The third-order valence-corrected chi connectivity index (χ3v) is 7.06. The molecule has 0 aromatic heterocycles. The Hall–Kier alpha value is -1.68. The summed E-state index contributed by atoms with van der Waals surface area (Å²) in [5.74, 6) is -81.9. The normalized spacial score (nSPS) is 16.9. The highest BCUT2D eigenvalue weighted by molar-refractivity contribution is 5.18. The molecule has 0 aliphatic heterocycles. The first-order valence-corrected chi connectivity index (χ1v) is 12.1. The minimum absolute atomic E-state index is 0.298. The highest BCUT2D eigenvalue weighted by Gasteiger charge is 2.89. The number of hydrogen-bond donors (Lipinski definition) is 0. The molecule has 0 amide bonds. The Morgan fingerprint density at radius 3 is 0.936 bits per heavy atom. The first kappa shape index (κ1) is 45.3. The average Bonchev–Trinajstić information content (AvgIpc) is 2.86. The Kier molecular flexibility index (Phi) is 12.4. The summed E-state index contributed by atoms with van der Waals surface area (Å²) in [5.41, 5.74) is -2.90. The third kappa shape index (κ3) is 7.16. The standard InChI is InChI=1S/C23H22F24/c1-5-9(2)6-13(3,4)10(7-14(28,29)18(36,37)22(44,45)20(40,41)16(32,33)11(24)25)8-15(30,31)19(38,39)23(46,47)21(42,43)17(34,35)12(26)27/h9,11-12H,1,5-8H2,2-4H3. The van der Waals surface area contributed by atoms with Gasteiger partial charge in [-0.05, 0) is 23.7 Å². The topological polar surface area (TPSA) is 0 Å². The van der Waals surface area contributed by atoms with Crippen LogP contribution in [0.1, 0.15) is 46.5 Å². The summed E-state index contributed by atoms with van der Waals surface area (Å²) in [4.78, 5) is 0. The fraction of sp³-hybridized carbons (Fsp3) is 0.913. The lowest BCUT2D eigenvalue weighted by atomic mass is 9.67. The van der Waals surface area contributed by atoms with Crippen molar-refractivity contribution in [2.75, 3.05) is 0 Å². The molecule has 24 heteroatoms. The number of hydrogen-bond acceptors (Lipinski definition) is 0. The molecule has 0 N–H and O–H groups in total. The lowest BCUT2D eigenvalue weighted by molar-refractivity contribution is -0.415. The largest absolute Gasteiger partial charge is 0.384 e. The van der Waals surface area contributed by atoms with Gasteiger partial charge in [-0.15, -0.1) is 0 Å². The summed E-state index contributed by atoms with van der Waals surface area (Å²) in [7, 11) is 0. The maximum Gasteiger partial charge on any atom is 0.384 e. The van der Waals surface area contributed by atoms with Gasteiger partial charge in [0.2, 0.25) is 0 Å². The molecule has 0 saturated carbocycles.